The minimum Gasteiger partial charge on any atom is -0.369 e. The summed E-state index contributed by atoms with van der Waals surface area (Å²) in [5.74, 6) is 0.621. The summed E-state index contributed by atoms with van der Waals surface area (Å²) >= 11 is 5.73. The van der Waals surface area contributed by atoms with Crippen molar-refractivity contribution in [2.45, 2.75) is 0 Å². The van der Waals surface area contributed by atoms with Gasteiger partial charge in [-0.1, -0.05) is 11.6 Å². The van der Waals surface area contributed by atoms with Gasteiger partial charge >= 0.3 is 0 Å². The lowest BCUT2D eigenvalue weighted by Crippen LogP contribution is -2.07. The molecule has 4 heteroatoms. The summed E-state index contributed by atoms with van der Waals surface area (Å²) in [6, 6.07) is 3.43. The number of rotatable bonds is 2. The van der Waals surface area contributed by atoms with Crippen LogP contribution in [0.5, 0.6) is 0 Å². The molecule has 1 aromatic rings. The molecule has 0 aliphatic carbocycles. The maximum Gasteiger partial charge on any atom is 0.154 e. The highest BCUT2D eigenvalue weighted by Gasteiger charge is 1.90. The van der Waals surface area contributed by atoms with Gasteiger partial charge in [-0.25, -0.2) is 9.98 Å². The second kappa shape index (κ2) is 4.07. The van der Waals surface area contributed by atoms with Crippen LogP contribution in [-0.2, 0) is 0 Å². The highest BCUT2D eigenvalue weighted by molar-refractivity contribution is 6.30. The zero-order chi connectivity index (χ0) is 8.97. The summed E-state index contributed by atoms with van der Waals surface area (Å²) in [6.45, 7) is 0. The van der Waals surface area contributed by atoms with E-state index in [-0.39, 0.29) is 0 Å². The van der Waals surface area contributed by atoms with Gasteiger partial charge in [0.05, 0.1) is 6.34 Å². The van der Waals surface area contributed by atoms with Gasteiger partial charge in [-0.05, 0) is 6.07 Å². The summed E-state index contributed by atoms with van der Waals surface area (Å²) in [6.07, 6.45) is 3.31. The van der Waals surface area contributed by atoms with E-state index in [4.69, 9.17) is 11.6 Å². The number of hydrogen-bond donors (Lipinski definition) is 0. The molecule has 0 N–H and O–H groups in total. The number of aromatic nitrogens is 1. The van der Waals surface area contributed by atoms with Gasteiger partial charge in [-0.2, -0.15) is 0 Å². The molecule has 0 aliphatic heterocycles. The zero-order valence-electron chi connectivity index (χ0n) is 7.03. The largest absolute Gasteiger partial charge is 0.369 e. The smallest absolute Gasteiger partial charge is 0.154 e. The van der Waals surface area contributed by atoms with Crippen LogP contribution in [0.15, 0.2) is 23.3 Å². The molecule has 0 saturated heterocycles. The van der Waals surface area contributed by atoms with E-state index < -0.39 is 0 Å². The van der Waals surface area contributed by atoms with Crippen molar-refractivity contribution in [1.29, 1.82) is 0 Å². The van der Waals surface area contributed by atoms with Crippen LogP contribution in [0.4, 0.5) is 5.82 Å². The molecule has 1 heterocycles. The fraction of sp³-hybridized carbons (Fsp3) is 0.250. The second-order valence-corrected chi connectivity index (χ2v) is 2.98. The molecule has 0 unspecified atom stereocenters. The Labute approximate surface area is 76.7 Å². The Morgan fingerprint density at radius 3 is 2.92 bits per heavy atom. The first-order valence-electron chi connectivity index (χ1n) is 3.50. The first-order chi connectivity index (χ1) is 5.68. The molecule has 0 radical (unpaired) electrons. The molecule has 0 bridgehead atoms. The maximum absolute atomic E-state index is 5.73. The van der Waals surface area contributed by atoms with Crippen LogP contribution >= 0.6 is 11.6 Å². The van der Waals surface area contributed by atoms with Crippen LogP contribution in [-0.4, -0.2) is 30.3 Å². The summed E-state index contributed by atoms with van der Waals surface area (Å²) < 4.78 is 0. The van der Waals surface area contributed by atoms with Crippen molar-refractivity contribution in [2.75, 3.05) is 14.1 Å². The van der Waals surface area contributed by atoms with Gasteiger partial charge in [-0.15, -0.1) is 0 Å². The van der Waals surface area contributed by atoms with E-state index in [1.165, 1.54) is 0 Å². The monoisotopic (exact) mass is 183 g/mol. The van der Waals surface area contributed by atoms with Gasteiger partial charge in [-0.3, -0.25) is 0 Å². The van der Waals surface area contributed by atoms with Crippen molar-refractivity contribution in [3.05, 3.63) is 23.4 Å². The molecule has 0 fully saturated rings. The van der Waals surface area contributed by atoms with E-state index in [0.717, 1.165) is 0 Å². The van der Waals surface area contributed by atoms with Crippen molar-refractivity contribution in [3.8, 4) is 0 Å². The quantitative estimate of drug-likeness (QED) is 0.518. The lowest BCUT2D eigenvalue weighted by atomic mass is 10.5. The van der Waals surface area contributed by atoms with E-state index in [2.05, 4.69) is 9.98 Å². The second-order valence-electron chi connectivity index (χ2n) is 2.54. The Morgan fingerprint density at radius 2 is 2.33 bits per heavy atom. The van der Waals surface area contributed by atoms with Crippen LogP contribution in [0.25, 0.3) is 0 Å². The third kappa shape index (κ3) is 2.88. The van der Waals surface area contributed by atoms with Crippen molar-refractivity contribution in [1.82, 2.24) is 9.88 Å². The molecule has 1 aromatic heterocycles. The lowest BCUT2D eigenvalue weighted by Gasteiger charge is -2.01. The molecular weight excluding hydrogens is 174 g/mol. The molecule has 64 valence electrons. The molecule has 1 rings (SSSR count). The molecule has 0 atom stereocenters. The van der Waals surface area contributed by atoms with Crippen LogP contribution in [0.1, 0.15) is 0 Å². The molecule has 12 heavy (non-hydrogen) atoms. The molecule has 0 aromatic carbocycles. The third-order valence-electron chi connectivity index (χ3n) is 1.13. The molecule has 0 aliphatic rings. The van der Waals surface area contributed by atoms with Crippen LogP contribution in [0.2, 0.25) is 5.02 Å². The van der Waals surface area contributed by atoms with Crippen molar-refractivity contribution in [3.63, 3.8) is 0 Å². The number of nitrogens with zero attached hydrogens (tertiary/aromatic N) is 3. The third-order valence-corrected chi connectivity index (χ3v) is 1.36. The summed E-state index contributed by atoms with van der Waals surface area (Å²) in [7, 11) is 3.79. The predicted octanol–water partition coefficient (Wildman–Crippen LogP) is 1.96. The van der Waals surface area contributed by atoms with Gasteiger partial charge in [0.15, 0.2) is 5.82 Å². The Hall–Kier alpha value is -1.09. The fourth-order valence-electron chi connectivity index (χ4n) is 0.639. The highest BCUT2D eigenvalue weighted by Crippen LogP contribution is 2.13. The Balaban J connectivity index is 2.76. The SMILES string of the molecule is CN(C)C=Nc1cc(Cl)ccn1. The van der Waals surface area contributed by atoms with E-state index in [9.17, 15) is 0 Å². The first-order valence-corrected chi connectivity index (χ1v) is 3.88. The Morgan fingerprint density at radius 1 is 1.58 bits per heavy atom. The fourth-order valence-corrected chi connectivity index (χ4v) is 0.793. The number of pyridine rings is 1. The molecule has 0 amide bonds. The highest BCUT2D eigenvalue weighted by atomic mass is 35.5. The minimum atomic E-state index is 0.621. The van der Waals surface area contributed by atoms with Gasteiger partial charge in [0.1, 0.15) is 0 Å². The summed E-state index contributed by atoms with van der Waals surface area (Å²) in [4.78, 5) is 9.91. The van der Waals surface area contributed by atoms with Crippen LogP contribution in [0.3, 0.4) is 0 Å². The topological polar surface area (TPSA) is 28.5 Å². The van der Waals surface area contributed by atoms with Crippen molar-refractivity contribution in [2.24, 2.45) is 4.99 Å². The zero-order valence-corrected chi connectivity index (χ0v) is 7.78. The van der Waals surface area contributed by atoms with Crippen molar-refractivity contribution < 1.29 is 0 Å². The lowest BCUT2D eigenvalue weighted by molar-refractivity contribution is 0.643. The Kier molecular flexibility index (Phi) is 3.05. The van der Waals surface area contributed by atoms with E-state index >= 15 is 0 Å². The predicted molar refractivity (Wildman–Crippen MR) is 51.1 cm³/mol. The summed E-state index contributed by atoms with van der Waals surface area (Å²) in [5, 5.41) is 0.649. The van der Waals surface area contributed by atoms with E-state index in [1.54, 1.807) is 24.7 Å². The molecule has 0 saturated carbocycles. The average Bonchev–Trinajstić information content (AvgIpc) is 2.01. The Bertz CT molecular complexity index is 283. The standard InChI is InChI=1S/C8H10ClN3/c1-12(2)6-11-8-5-7(9)3-4-10-8/h3-6H,1-2H3. The summed E-state index contributed by atoms with van der Waals surface area (Å²) in [5.41, 5.74) is 0. The normalized spacial score (nSPS) is 10.6. The van der Waals surface area contributed by atoms with Crippen LogP contribution in [0, 0.1) is 0 Å². The number of aliphatic imine (C=N–C) groups is 1. The molecule has 3 nitrogen and oxygen atoms in total. The first kappa shape index (κ1) is 9.00. The average molecular weight is 184 g/mol. The maximum atomic E-state index is 5.73. The van der Waals surface area contributed by atoms with Gasteiger partial charge < -0.3 is 4.90 Å². The van der Waals surface area contributed by atoms with Gasteiger partial charge in [0.25, 0.3) is 0 Å². The van der Waals surface area contributed by atoms with Crippen LogP contribution < -0.4 is 0 Å². The minimum absolute atomic E-state index is 0.621. The number of hydrogen-bond acceptors (Lipinski definition) is 2. The van der Waals surface area contributed by atoms with Gasteiger partial charge in [0, 0.05) is 31.4 Å². The van der Waals surface area contributed by atoms with Crippen molar-refractivity contribution >= 4 is 23.8 Å². The van der Waals surface area contributed by atoms with Gasteiger partial charge in [0.2, 0.25) is 0 Å². The van der Waals surface area contributed by atoms with E-state index in [1.807, 2.05) is 19.0 Å². The molecular formula is C8H10ClN3. The number of halogens is 1. The van der Waals surface area contributed by atoms with E-state index in [0.29, 0.717) is 10.8 Å². The molecule has 0 spiro atoms.